The van der Waals surface area contributed by atoms with E-state index in [-0.39, 0.29) is 0 Å². The van der Waals surface area contributed by atoms with Gasteiger partial charge in [-0.25, -0.2) is 0 Å². The molecule has 0 aromatic carbocycles. The zero-order chi connectivity index (χ0) is 14.1. The van der Waals surface area contributed by atoms with Crippen LogP contribution < -0.4 is 0 Å². The number of halogens is 1. The lowest BCUT2D eigenvalue weighted by Gasteiger charge is -2.33. The predicted molar refractivity (Wildman–Crippen MR) is 92.9 cm³/mol. The van der Waals surface area contributed by atoms with Crippen molar-refractivity contribution in [1.82, 2.24) is 0 Å². The predicted octanol–water partition coefficient (Wildman–Crippen LogP) is 4.41. The molecule has 0 heterocycles. The third-order valence-electron chi connectivity index (χ3n) is 1.99. The van der Waals surface area contributed by atoms with Gasteiger partial charge in [-0.1, -0.05) is 47.2 Å². The maximum Gasteiger partial charge on any atom is 0.200 e. The van der Waals surface area contributed by atoms with Crippen molar-refractivity contribution in [1.29, 1.82) is 0 Å². The summed E-state index contributed by atoms with van der Waals surface area (Å²) in [5.41, 5.74) is -2.47. The molecule has 0 fully saturated rings. The summed E-state index contributed by atoms with van der Waals surface area (Å²) in [6.07, 6.45) is 6.88. The first-order chi connectivity index (χ1) is 8.49. The smallest absolute Gasteiger partial charge is 0.200 e. The van der Waals surface area contributed by atoms with E-state index in [0.717, 1.165) is 0 Å². The van der Waals surface area contributed by atoms with Crippen molar-refractivity contribution in [2.75, 3.05) is 24.7 Å². The molecule has 0 saturated heterocycles. The van der Waals surface area contributed by atoms with E-state index in [4.69, 9.17) is 19.7 Å². The van der Waals surface area contributed by atoms with E-state index in [1.807, 2.05) is 0 Å². The zero-order valence-corrected chi connectivity index (χ0v) is 13.9. The van der Waals surface area contributed by atoms with Gasteiger partial charge in [-0.15, -0.1) is 34.7 Å². The molecule has 0 aliphatic carbocycles. The third-order valence-corrected chi connectivity index (χ3v) is 17.2. The van der Waals surface area contributed by atoms with Crippen molar-refractivity contribution in [3.8, 4) is 0 Å². The SMILES string of the molecule is C=CCOP(S)(OCC=C)=[SH](Cl)(CC=C)CC=C. The average molecular weight is 329 g/mol. The van der Waals surface area contributed by atoms with E-state index in [2.05, 4.69) is 38.6 Å². The fraction of sp³-hybridized carbons (Fsp3) is 0.333. The molecule has 0 aromatic rings. The molecule has 18 heavy (non-hydrogen) atoms. The molecule has 0 unspecified atom stereocenters. The highest BCUT2D eigenvalue weighted by atomic mass is 35.7. The highest BCUT2D eigenvalue weighted by Crippen LogP contribution is 2.64. The van der Waals surface area contributed by atoms with Crippen LogP contribution in [0.1, 0.15) is 0 Å². The molecule has 0 saturated carbocycles. The Morgan fingerprint density at radius 1 is 0.944 bits per heavy atom. The molecule has 0 aliphatic rings. The van der Waals surface area contributed by atoms with Gasteiger partial charge in [0.1, 0.15) is 0 Å². The van der Waals surface area contributed by atoms with Crippen LogP contribution in [-0.2, 0) is 17.5 Å². The maximum absolute atomic E-state index is 6.74. The Morgan fingerprint density at radius 2 is 1.33 bits per heavy atom. The third kappa shape index (κ3) is 5.12. The number of hydrogen-bond donors (Lipinski definition) is 2. The van der Waals surface area contributed by atoms with Gasteiger partial charge in [0.25, 0.3) is 0 Å². The summed E-state index contributed by atoms with van der Waals surface area (Å²) < 4.78 is 11.5. The van der Waals surface area contributed by atoms with Gasteiger partial charge >= 0.3 is 0 Å². The average Bonchev–Trinajstić information content (AvgIpc) is 2.34. The van der Waals surface area contributed by atoms with Gasteiger partial charge < -0.3 is 9.05 Å². The summed E-state index contributed by atoms with van der Waals surface area (Å²) >= 11 is 4.63. The molecule has 6 heteroatoms. The van der Waals surface area contributed by atoms with Crippen LogP contribution in [0, 0.1) is 0 Å². The Kier molecular flexibility index (Phi) is 9.40. The fourth-order valence-electron chi connectivity index (χ4n) is 1.22. The monoisotopic (exact) mass is 328 g/mol. The summed E-state index contributed by atoms with van der Waals surface area (Å²) in [4.78, 5) is 0. The molecular weight excluding hydrogens is 307 g/mol. The normalized spacial score (nSPS) is 12.8. The van der Waals surface area contributed by atoms with Gasteiger partial charge in [-0.05, 0) is 0 Å². The molecule has 0 spiro atoms. The van der Waals surface area contributed by atoms with Crippen molar-refractivity contribution >= 4 is 37.0 Å². The highest BCUT2D eigenvalue weighted by molar-refractivity contribution is 8.76. The molecule has 0 rings (SSSR count). The molecule has 0 amide bonds. The highest BCUT2D eigenvalue weighted by Gasteiger charge is 2.26. The van der Waals surface area contributed by atoms with Crippen LogP contribution in [0.15, 0.2) is 50.6 Å². The Morgan fingerprint density at radius 3 is 1.61 bits per heavy atom. The van der Waals surface area contributed by atoms with Crippen molar-refractivity contribution in [3.63, 3.8) is 0 Å². The standard InChI is InChI=1S/C12H22ClO2PS2/c1-5-9-14-16(17,15-10-6-2)18(13,11-7-3)12-8-4/h5-8,17-18H,1-4,9-12H2. The zero-order valence-electron chi connectivity index (χ0n) is 10.5. The molecule has 0 aliphatic heterocycles. The van der Waals surface area contributed by atoms with Gasteiger partial charge in [0.05, 0.1) is 13.2 Å². The lowest BCUT2D eigenvalue weighted by atomic mass is 10.7. The molecule has 0 N–H and O–H groups in total. The number of rotatable bonds is 10. The first kappa shape index (κ1) is 18.3. The fourth-order valence-corrected chi connectivity index (χ4v) is 10.3. The molecule has 2 nitrogen and oxygen atoms in total. The summed E-state index contributed by atoms with van der Waals surface area (Å²) in [7, 11) is 4.66. The van der Waals surface area contributed by atoms with Gasteiger partial charge in [0, 0.05) is 11.5 Å². The molecule has 0 atom stereocenters. The van der Waals surface area contributed by atoms with Gasteiger partial charge in [0.15, 0.2) is 5.69 Å². The van der Waals surface area contributed by atoms with Crippen LogP contribution in [0.3, 0.4) is 0 Å². The number of hydrogen-bond acceptors (Lipinski definition) is 2. The van der Waals surface area contributed by atoms with E-state index in [9.17, 15) is 0 Å². The van der Waals surface area contributed by atoms with Gasteiger partial charge in [-0.3, -0.25) is 0 Å². The minimum atomic E-state index is -2.47. The minimum absolute atomic E-state index is 0.358. The van der Waals surface area contributed by atoms with E-state index >= 15 is 0 Å². The van der Waals surface area contributed by atoms with E-state index < -0.39 is 14.1 Å². The largest absolute Gasteiger partial charge is 0.322 e. The lowest BCUT2D eigenvalue weighted by Crippen LogP contribution is -2.14. The van der Waals surface area contributed by atoms with Crippen LogP contribution in [0.2, 0.25) is 0 Å². The quantitative estimate of drug-likeness (QED) is 0.351. The molecule has 106 valence electrons. The van der Waals surface area contributed by atoms with E-state index in [1.165, 1.54) is 0 Å². The Labute approximate surface area is 121 Å². The second kappa shape index (κ2) is 9.24. The second-order valence-corrected chi connectivity index (χ2v) is 16.3. The van der Waals surface area contributed by atoms with Crippen LogP contribution in [0.25, 0.3) is 0 Å². The van der Waals surface area contributed by atoms with Crippen LogP contribution in [-0.4, -0.2) is 24.7 Å². The molecular formula is C12H22ClO2PS2. The Hall–Kier alpha value is 0.300. The molecule has 0 radical (unpaired) electrons. The summed E-state index contributed by atoms with van der Waals surface area (Å²) in [5, 5.41) is 0. The molecule has 0 aromatic heterocycles. The van der Waals surface area contributed by atoms with Crippen molar-refractivity contribution in [2.45, 2.75) is 0 Å². The Balaban J connectivity index is 5.63. The molecule has 0 bridgehead atoms. The van der Waals surface area contributed by atoms with Crippen LogP contribution >= 0.6 is 28.6 Å². The number of thiol groups is 2. The summed E-state index contributed by atoms with van der Waals surface area (Å²) in [6, 6.07) is 0. The van der Waals surface area contributed by atoms with Crippen molar-refractivity contribution in [3.05, 3.63) is 50.6 Å². The van der Waals surface area contributed by atoms with Gasteiger partial charge in [0.2, 0.25) is 0 Å². The van der Waals surface area contributed by atoms with Crippen molar-refractivity contribution < 1.29 is 9.05 Å². The first-order valence-corrected chi connectivity index (χ1v) is 12.0. The lowest BCUT2D eigenvalue weighted by molar-refractivity contribution is 0.302. The summed E-state index contributed by atoms with van der Waals surface area (Å²) in [5.74, 6) is 1.26. The summed E-state index contributed by atoms with van der Waals surface area (Å²) in [6.45, 7) is 15.5. The first-order valence-electron chi connectivity index (χ1n) is 5.41. The van der Waals surface area contributed by atoms with E-state index in [0.29, 0.717) is 24.7 Å². The van der Waals surface area contributed by atoms with Gasteiger partial charge in [-0.2, -0.15) is 0 Å². The van der Waals surface area contributed by atoms with E-state index in [1.54, 1.807) is 24.3 Å². The second-order valence-electron chi connectivity index (χ2n) is 3.42. The van der Waals surface area contributed by atoms with Crippen LogP contribution in [0.4, 0.5) is 0 Å². The van der Waals surface area contributed by atoms with Crippen molar-refractivity contribution in [2.24, 2.45) is 0 Å². The topological polar surface area (TPSA) is 18.5 Å². The Bertz CT molecular complexity index is 364. The minimum Gasteiger partial charge on any atom is -0.322 e. The van der Waals surface area contributed by atoms with Crippen LogP contribution in [0.5, 0.6) is 0 Å². The maximum atomic E-state index is 6.74.